The second kappa shape index (κ2) is 7.59. The Morgan fingerprint density at radius 3 is 2.76 bits per heavy atom. The van der Waals surface area contributed by atoms with Crippen LogP contribution in [0.1, 0.15) is 11.1 Å². The first-order chi connectivity index (χ1) is 10.1. The van der Waals surface area contributed by atoms with E-state index in [-0.39, 0.29) is 12.5 Å². The van der Waals surface area contributed by atoms with Gasteiger partial charge in [0, 0.05) is 4.47 Å². The molecule has 108 valence electrons. The van der Waals surface area contributed by atoms with E-state index in [9.17, 15) is 4.79 Å². The SMILES string of the molecule is Cc1cc(Br)ccc1OCC(=O)NN=Cc1ccccc1. The molecule has 0 fully saturated rings. The first-order valence-electron chi connectivity index (χ1n) is 6.41. The summed E-state index contributed by atoms with van der Waals surface area (Å²) in [7, 11) is 0. The van der Waals surface area contributed by atoms with Crippen molar-refractivity contribution in [2.24, 2.45) is 5.10 Å². The number of aryl methyl sites for hydroxylation is 1. The van der Waals surface area contributed by atoms with Crippen molar-refractivity contribution >= 4 is 28.1 Å². The van der Waals surface area contributed by atoms with Gasteiger partial charge in [-0.1, -0.05) is 46.3 Å². The van der Waals surface area contributed by atoms with Crippen LogP contribution in [-0.2, 0) is 4.79 Å². The van der Waals surface area contributed by atoms with E-state index in [1.807, 2.05) is 55.5 Å². The molecular weight excluding hydrogens is 332 g/mol. The normalized spacial score (nSPS) is 10.6. The highest BCUT2D eigenvalue weighted by Gasteiger charge is 2.04. The number of nitrogens with one attached hydrogen (secondary N) is 1. The highest BCUT2D eigenvalue weighted by molar-refractivity contribution is 9.10. The molecule has 0 spiro atoms. The van der Waals surface area contributed by atoms with E-state index < -0.39 is 0 Å². The van der Waals surface area contributed by atoms with Crippen LogP contribution >= 0.6 is 15.9 Å². The molecule has 0 aliphatic heterocycles. The average Bonchev–Trinajstić information content (AvgIpc) is 2.47. The molecule has 0 heterocycles. The molecule has 0 atom stereocenters. The zero-order valence-electron chi connectivity index (χ0n) is 11.5. The summed E-state index contributed by atoms with van der Waals surface area (Å²) in [6.45, 7) is 1.85. The van der Waals surface area contributed by atoms with Gasteiger partial charge in [-0.3, -0.25) is 4.79 Å². The fourth-order valence-electron chi connectivity index (χ4n) is 1.67. The largest absolute Gasteiger partial charge is 0.483 e. The van der Waals surface area contributed by atoms with Crippen molar-refractivity contribution in [1.29, 1.82) is 0 Å². The lowest BCUT2D eigenvalue weighted by Gasteiger charge is -2.08. The van der Waals surface area contributed by atoms with E-state index in [1.165, 1.54) is 0 Å². The van der Waals surface area contributed by atoms with Crippen molar-refractivity contribution in [2.45, 2.75) is 6.92 Å². The maximum absolute atomic E-state index is 11.6. The summed E-state index contributed by atoms with van der Waals surface area (Å²) < 4.78 is 6.43. The molecular formula is C16H15BrN2O2. The van der Waals surface area contributed by atoms with Gasteiger partial charge in [0.1, 0.15) is 5.75 Å². The summed E-state index contributed by atoms with van der Waals surface area (Å²) >= 11 is 3.38. The number of rotatable bonds is 5. The third-order valence-electron chi connectivity index (χ3n) is 2.70. The quantitative estimate of drug-likeness (QED) is 0.667. The minimum Gasteiger partial charge on any atom is -0.483 e. The lowest BCUT2D eigenvalue weighted by molar-refractivity contribution is -0.123. The second-order valence-corrected chi connectivity index (χ2v) is 5.32. The minimum atomic E-state index is -0.301. The highest BCUT2D eigenvalue weighted by atomic mass is 79.9. The van der Waals surface area contributed by atoms with Crippen LogP contribution in [0.15, 0.2) is 58.1 Å². The van der Waals surface area contributed by atoms with Gasteiger partial charge >= 0.3 is 0 Å². The molecule has 0 aliphatic carbocycles. The Morgan fingerprint density at radius 1 is 1.29 bits per heavy atom. The zero-order valence-corrected chi connectivity index (χ0v) is 13.1. The molecule has 2 aromatic rings. The number of hydrogen-bond acceptors (Lipinski definition) is 3. The first kappa shape index (κ1) is 15.3. The molecule has 1 amide bonds. The van der Waals surface area contributed by atoms with E-state index in [1.54, 1.807) is 6.21 Å². The van der Waals surface area contributed by atoms with Gasteiger partial charge in [0.2, 0.25) is 0 Å². The van der Waals surface area contributed by atoms with Crippen molar-refractivity contribution in [1.82, 2.24) is 5.43 Å². The van der Waals surface area contributed by atoms with Gasteiger partial charge in [0.05, 0.1) is 6.21 Å². The van der Waals surface area contributed by atoms with Crippen LogP contribution in [0.5, 0.6) is 5.75 Å². The Hall–Kier alpha value is -2.14. The minimum absolute atomic E-state index is 0.0748. The molecule has 0 saturated carbocycles. The summed E-state index contributed by atoms with van der Waals surface area (Å²) in [5, 5.41) is 3.88. The maximum atomic E-state index is 11.6. The molecule has 0 unspecified atom stereocenters. The van der Waals surface area contributed by atoms with Gasteiger partial charge in [-0.25, -0.2) is 5.43 Å². The molecule has 5 heteroatoms. The number of nitrogens with zero attached hydrogens (tertiary/aromatic N) is 1. The number of benzene rings is 2. The molecule has 0 bridgehead atoms. The van der Waals surface area contributed by atoms with Crippen molar-refractivity contribution < 1.29 is 9.53 Å². The lowest BCUT2D eigenvalue weighted by Crippen LogP contribution is -2.24. The van der Waals surface area contributed by atoms with E-state index in [4.69, 9.17) is 4.74 Å². The van der Waals surface area contributed by atoms with Crippen molar-refractivity contribution in [3.05, 3.63) is 64.1 Å². The monoisotopic (exact) mass is 346 g/mol. The van der Waals surface area contributed by atoms with Crippen molar-refractivity contribution in [3.8, 4) is 5.75 Å². The molecule has 2 rings (SSSR count). The summed E-state index contributed by atoms with van der Waals surface area (Å²) in [5.74, 6) is 0.380. The number of carbonyl (C=O) groups is 1. The molecule has 0 saturated heterocycles. The molecule has 4 nitrogen and oxygen atoms in total. The molecule has 0 radical (unpaired) electrons. The summed E-state index contributed by atoms with van der Waals surface area (Å²) in [6, 6.07) is 15.2. The van der Waals surface area contributed by atoms with Crippen molar-refractivity contribution in [3.63, 3.8) is 0 Å². The fraction of sp³-hybridized carbons (Fsp3) is 0.125. The van der Waals surface area contributed by atoms with Crippen LogP contribution in [0, 0.1) is 6.92 Å². The third kappa shape index (κ3) is 5.04. The Balaban J connectivity index is 1.81. The Labute approximate surface area is 132 Å². The fourth-order valence-corrected chi connectivity index (χ4v) is 2.14. The first-order valence-corrected chi connectivity index (χ1v) is 7.20. The summed E-state index contributed by atoms with van der Waals surface area (Å²) in [6.07, 6.45) is 1.59. The molecule has 1 N–H and O–H groups in total. The van der Waals surface area contributed by atoms with Gasteiger partial charge in [-0.2, -0.15) is 5.10 Å². The topological polar surface area (TPSA) is 50.7 Å². The van der Waals surface area contributed by atoms with E-state index in [0.717, 1.165) is 15.6 Å². The number of ether oxygens (including phenoxy) is 1. The van der Waals surface area contributed by atoms with Crippen LogP contribution in [-0.4, -0.2) is 18.7 Å². The lowest BCUT2D eigenvalue weighted by atomic mass is 10.2. The second-order valence-electron chi connectivity index (χ2n) is 4.40. The third-order valence-corrected chi connectivity index (χ3v) is 3.19. The van der Waals surface area contributed by atoms with Gasteiger partial charge in [0.25, 0.3) is 5.91 Å². The van der Waals surface area contributed by atoms with Crippen LogP contribution < -0.4 is 10.2 Å². The standard InChI is InChI=1S/C16H15BrN2O2/c1-12-9-14(17)7-8-15(12)21-11-16(20)19-18-10-13-5-3-2-4-6-13/h2-10H,11H2,1H3,(H,19,20). The Morgan fingerprint density at radius 2 is 2.05 bits per heavy atom. The molecule has 0 aliphatic rings. The number of hydrogen-bond donors (Lipinski definition) is 1. The number of hydrazone groups is 1. The number of amides is 1. The molecule has 0 aromatic heterocycles. The number of carbonyl (C=O) groups excluding carboxylic acids is 1. The van der Waals surface area contributed by atoms with Gasteiger partial charge in [-0.15, -0.1) is 0 Å². The van der Waals surface area contributed by atoms with E-state index in [2.05, 4.69) is 26.5 Å². The van der Waals surface area contributed by atoms with Gasteiger partial charge in [0.15, 0.2) is 6.61 Å². The van der Waals surface area contributed by atoms with Gasteiger partial charge in [-0.05, 0) is 36.2 Å². The highest BCUT2D eigenvalue weighted by Crippen LogP contribution is 2.21. The van der Waals surface area contributed by atoms with Crippen molar-refractivity contribution in [2.75, 3.05) is 6.61 Å². The summed E-state index contributed by atoms with van der Waals surface area (Å²) in [4.78, 5) is 11.6. The Kier molecular flexibility index (Phi) is 5.51. The predicted molar refractivity (Wildman–Crippen MR) is 86.6 cm³/mol. The van der Waals surface area contributed by atoms with E-state index >= 15 is 0 Å². The maximum Gasteiger partial charge on any atom is 0.277 e. The smallest absolute Gasteiger partial charge is 0.277 e. The number of halogens is 1. The molecule has 2 aromatic carbocycles. The van der Waals surface area contributed by atoms with Crippen LogP contribution in [0.3, 0.4) is 0 Å². The summed E-state index contributed by atoms with van der Waals surface area (Å²) in [5.41, 5.74) is 4.31. The molecule has 21 heavy (non-hydrogen) atoms. The predicted octanol–water partition coefficient (Wildman–Crippen LogP) is 3.29. The zero-order chi connectivity index (χ0) is 15.1. The van der Waals surface area contributed by atoms with Crippen LogP contribution in [0.2, 0.25) is 0 Å². The van der Waals surface area contributed by atoms with Crippen LogP contribution in [0.25, 0.3) is 0 Å². The van der Waals surface area contributed by atoms with Gasteiger partial charge < -0.3 is 4.74 Å². The Bertz CT molecular complexity index is 642. The average molecular weight is 347 g/mol. The van der Waals surface area contributed by atoms with E-state index in [0.29, 0.717) is 5.75 Å². The van der Waals surface area contributed by atoms with Crippen LogP contribution in [0.4, 0.5) is 0 Å².